The minimum absolute atomic E-state index is 0.337. The zero-order valence-electron chi connectivity index (χ0n) is 13.5. The molecule has 0 spiro atoms. The number of hydrogen-bond donors (Lipinski definition) is 0. The Kier molecular flexibility index (Phi) is 4.73. The normalized spacial score (nSPS) is 23.0. The molecule has 2 aromatic heterocycles. The number of rotatable bonds is 5. The maximum absolute atomic E-state index is 6.13. The van der Waals surface area contributed by atoms with Crippen molar-refractivity contribution >= 4 is 27.4 Å². The van der Waals surface area contributed by atoms with Crippen LogP contribution < -0.4 is 4.90 Å². The maximum Gasteiger partial charge on any atom is 0.140 e. The van der Waals surface area contributed by atoms with Gasteiger partial charge in [-0.15, -0.1) is 11.3 Å². The second kappa shape index (κ2) is 7.11. The van der Waals surface area contributed by atoms with E-state index in [0.717, 1.165) is 43.3 Å². The van der Waals surface area contributed by atoms with Gasteiger partial charge in [-0.3, -0.25) is 0 Å². The molecule has 1 atom stereocenters. The van der Waals surface area contributed by atoms with Crippen LogP contribution in [0.2, 0.25) is 0 Å². The van der Waals surface area contributed by atoms with Crippen molar-refractivity contribution in [3.63, 3.8) is 0 Å². The topological polar surface area (TPSA) is 41.5 Å². The average Bonchev–Trinajstić information content (AvgIpc) is 3.24. The van der Waals surface area contributed by atoms with Crippen LogP contribution in [0.15, 0.2) is 17.8 Å². The number of nitrogens with zero attached hydrogens (tertiary/aromatic N) is 4. The van der Waals surface area contributed by atoms with Crippen LogP contribution in [0.25, 0.3) is 10.2 Å². The number of fused-ring (bicyclic) bond motifs is 1. The van der Waals surface area contributed by atoms with Gasteiger partial charge in [-0.2, -0.15) is 0 Å². The maximum atomic E-state index is 6.13. The van der Waals surface area contributed by atoms with Crippen molar-refractivity contribution in [2.75, 3.05) is 44.2 Å². The summed E-state index contributed by atoms with van der Waals surface area (Å²) in [6.45, 7) is 6.40. The highest BCUT2D eigenvalue weighted by molar-refractivity contribution is 7.16. The quantitative estimate of drug-likeness (QED) is 0.842. The number of hydrogen-bond acceptors (Lipinski definition) is 6. The molecule has 0 aliphatic carbocycles. The third-order valence-corrected chi connectivity index (χ3v) is 5.72. The van der Waals surface area contributed by atoms with Gasteiger partial charge in [-0.1, -0.05) is 6.42 Å². The Hall–Kier alpha value is -1.24. The number of piperidine rings is 1. The lowest BCUT2D eigenvalue weighted by molar-refractivity contribution is 0.0467. The molecule has 0 amide bonds. The van der Waals surface area contributed by atoms with E-state index in [9.17, 15) is 0 Å². The van der Waals surface area contributed by atoms with Crippen LogP contribution in [0.4, 0.5) is 5.82 Å². The van der Waals surface area contributed by atoms with Crippen molar-refractivity contribution in [1.29, 1.82) is 0 Å². The molecular formula is C17H24N4OS. The summed E-state index contributed by atoms with van der Waals surface area (Å²) in [6, 6.07) is 2.12. The molecule has 2 fully saturated rings. The highest BCUT2D eigenvalue weighted by Crippen LogP contribution is 2.29. The summed E-state index contributed by atoms with van der Waals surface area (Å²) in [4.78, 5) is 14.8. The van der Waals surface area contributed by atoms with Crippen molar-refractivity contribution in [1.82, 2.24) is 14.9 Å². The number of thiophene rings is 1. The Balaban J connectivity index is 1.30. The van der Waals surface area contributed by atoms with E-state index in [1.165, 1.54) is 37.7 Å². The third-order valence-electron chi connectivity index (χ3n) is 4.90. The van der Waals surface area contributed by atoms with Gasteiger partial charge >= 0.3 is 0 Å². The Bertz CT molecular complexity index is 640. The minimum Gasteiger partial charge on any atom is -0.375 e. The molecule has 0 N–H and O–H groups in total. The Morgan fingerprint density at radius 3 is 3.00 bits per heavy atom. The predicted molar refractivity (Wildman–Crippen MR) is 94.3 cm³/mol. The number of likely N-dealkylation sites (tertiary alicyclic amines) is 1. The van der Waals surface area contributed by atoms with E-state index in [4.69, 9.17) is 4.74 Å². The monoisotopic (exact) mass is 332 g/mol. The SMILES string of the molecule is c1nc(N2CCC(OCCN3CCCCC3)C2)c2ccsc2n1. The van der Waals surface area contributed by atoms with Crippen LogP contribution in [-0.2, 0) is 4.74 Å². The summed E-state index contributed by atoms with van der Waals surface area (Å²) in [5.41, 5.74) is 0. The van der Waals surface area contributed by atoms with E-state index < -0.39 is 0 Å². The van der Waals surface area contributed by atoms with Gasteiger partial charge in [0, 0.05) is 19.6 Å². The highest BCUT2D eigenvalue weighted by Gasteiger charge is 2.25. The van der Waals surface area contributed by atoms with Crippen molar-refractivity contribution in [3.05, 3.63) is 17.8 Å². The molecule has 2 aliphatic rings. The van der Waals surface area contributed by atoms with Crippen molar-refractivity contribution in [2.45, 2.75) is 31.8 Å². The molecule has 2 saturated heterocycles. The lowest BCUT2D eigenvalue weighted by atomic mass is 10.1. The first-order valence-corrected chi connectivity index (χ1v) is 9.55. The molecule has 1 unspecified atom stereocenters. The van der Waals surface area contributed by atoms with E-state index in [2.05, 4.69) is 31.2 Å². The molecule has 23 heavy (non-hydrogen) atoms. The lowest BCUT2D eigenvalue weighted by Gasteiger charge is -2.26. The molecule has 4 rings (SSSR count). The fourth-order valence-corrected chi connectivity index (χ4v) is 4.34. The first-order valence-electron chi connectivity index (χ1n) is 8.67. The summed E-state index contributed by atoms with van der Waals surface area (Å²) >= 11 is 1.68. The largest absolute Gasteiger partial charge is 0.375 e. The molecule has 4 heterocycles. The average molecular weight is 332 g/mol. The molecule has 6 heteroatoms. The summed E-state index contributed by atoms with van der Waals surface area (Å²) in [5.74, 6) is 1.07. The molecule has 0 aromatic carbocycles. The number of anilines is 1. The second-order valence-corrected chi connectivity index (χ2v) is 7.36. The zero-order valence-corrected chi connectivity index (χ0v) is 14.3. The first-order chi connectivity index (χ1) is 11.4. The van der Waals surface area contributed by atoms with Gasteiger partial charge in [0.2, 0.25) is 0 Å². The molecule has 5 nitrogen and oxygen atoms in total. The van der Waals surface area contributed by atoms with Gasteiger partial charge in [-0.05, 0) is 43.8 Å². The van der Waals surface area contributed by atoms with E-state index >= 15 is 0 Å². The Morgan fingerprint density at radius 2 is 2.09 bits per heavy atom. The van der Waals surface area contributed by atoms with Gasteiger partial charge in [0.15, 0.2) is 0 Å². The van der Waals surface area contributed by atoms with Crippen LogP contribution in [0.5, 0.6) is 0 Å². The Morgan fingerprint density at radius 1 is 1.17 bits per heavy atom. The van der Waals surface area contributed by atoms with Crippen LogP contribution in [-0.4, -0.2) is 60.3 Å². The molecule has 124 valence electrons. The van der Waals surface area contributed by atoms with Crippen molar-refractivity contribution < 1.29 is 4.74 Å². The van der Waals surface area contributed by atoms with Crippen LogP contribution in [0, 0.1) is 0 Å². The predicted octanol–water partition coefficient (Wildman–Crippen LogP) is 2.77. The van der Waals surface area contributed by atoms with Gasteiger partial charge in [-0.25, -0.2) is 9.97 Å². The molecule has 0 saturated carbocycles. The van der Waals surface area contributed by atoms with Gasteiger partial charge in [0.05, 0.1) is 18.1 Å². The highest BCUT2D eigenvalue weighted by atomic mass is 32.1. The fraction of sp³-hybridized carbons (Fsp3) is 0.647. The van der Waals surface area contributed by atoms with Gasteiger partial charge in [0.1, 0.15) is 17.0 Å². The smallest absolute Gasteiger partial charge is 0.140 e. The molecule has 0 radical (unpaired) electrons. The third kappa shape index (κ3) is 3.49. The van der Waals surface area contributed by atoms with E-state index in [1.54, 1.807) is 17.7 Å². The van der Waals surface area contributed by atoms with Crippen molar-refractivity contribution in [2.24, 2.45) is 0 Å². The van der Waals surface area contributed by atoms with Crippen LogP contribution >= 0.6 is 11.3 Å². The minimum atomic E-state index is 0.337. The van der Waals surface area contributed by atoms with E-state index in [-0.39, 0.29) is 0 Å². The number of ether oxygens (including phenoxy) is 1. The van der Waals surface area contributed by atoms with Crippen molar-refractivity contribution in [3.8, 4) is 0 Å². The molecule has 2 aromatic rings. The molecule has 0 bridgehead atoms. The van der Waals surface area contributed by atoms with Gasteiger partial charge in [0.25, 0.3) is 0 Å². The first kappa shape index (κ1) is 15.3. The standard InChI is InChI=1S/C17H24N4OS/c1-2-6-20(7-3-1)9-10-22-14-4-8-21(12-14)16-15-5-11-23-17(15)19-13-18-16/h5,11,13-14H,1-4,6-10,12H2. The van der Waals surface area contributed by atoms with Crippen LogP contribution in [0.3, 0.4) is 0 Å². The fourth-order valence-electron chi connectivity index (χ4n) is 3.62. The molecular weight excluding hydrogens is 308 g/mol. The lowest BCUT2D eigenvalue weighted by Crippen LogP contribution is -2.34. The zero-order chi connectivity index (χ0) is 15.5. The second-order valence-electron chi connectivity index (χ2n) is 6.47. The summed E-state index contributed by atoms with van der Waals surface area (Å²) < 4.78 is 6.13. The van der Waals surface area contributed by atoms with Crippen LogP contribution in [0.1, 0.15) is 25.7 Å². The molecule has 2 aliphatic heterocycles. The Labute approximate surface area is 141 Å². The van der Waals surface area contributed by atoms with E-state index in [0.29, 0.717) is 6.10 Å². The van der Waals surface area contributed by atoms with E-state index in [1.807, 2.05) is 0 Å². The summed E-state index contributed by atoms with van der Waals surface area (Å²) in [6.07, 6.45) is 7.20. The van der Waals surface area contributed by atoms with Gasteiger partial charge < -0.3 is 14.5 Å². The summed E-state index contributed by atoms with van der Waals surface area (Å²) in [7, 11) is 0. The summed E-state index contributed by atoms with van der Waals surface area (Å²) in [5, 5.41) is 3.26. The number of aromatic nitrogens is 2.